The number of anilines is 2. The summed E-state index contributed by atoms with van der Waals surface area (Å²) < 4.78 is 0.848. The minimum Gasteiger partial charge on any atom is -0.376 e. The highest BCUT2D eigenvalue weighted by Gasteiger charge is 2.05. The molecule has 0 atom stereocenters. The zero-order valence-electron chi connectivity index (χ0n) is 10.4. The predicted molar refractivity (Wildman–Crippen MR) is 77.8 cm³/mol. The standard InChI is InChI=1S/C13H15BrN4/c1-18(2)13-11(6-4-8-15-13)16-9-10-5-3-7-12(14)17-10/h3-8,16H,9H2,1-2H3. The molecule has 2 heterocycles. The number of aromatic nitrogens is 2. The maximum absolute atomic E-state index is 4.38. The molecule has 0 saturated carbocycles. The Kier molecular flexibility index (Phi) is 4.15. The normalized spacial score (nSPS) is 10.2. The maximum atomic E-state index is 4.38. The monoisotopic (exact) mass is 306 g/mol. The van der Waals surface area contributed by atoms with Gasteiger partial charge in [-0.3, -0.25) is 0 Å². The number of nitrogens with one attached hydrogen (secondary N) is 1. The fourth-order valence-electron chi connectivity index (χ4n) is 1.63. The summed E-state index contributed by atoms with van der Waals surface area (Å²) in [6.45, 7) is 0.673. The summed E-state index contributed by atoms with van der Waals surface area (Å²) in [5, 5.41) is 3.35. The molecule has 0 aliphatic heterocycles. The molecule has 1 N–H and O–H groups in total. The quantitative estimate of drug-likeness (QED) is 0.882. The summed E-state index contributed by atoms with van der Waals surface area (Å²) in [6.07, 6.45) is 1.79. The second-order valence-electron chi connectivity index (χ2n) is 4.07. The molecule has 2 aromatic rings. The van der Waals surface area contributed by atoms with Gasteiger partial charge in [-0.2, -0.15) is 0 Å². The Morgan fingerprint density at radius 2 is 2.06 bits per heavy atom. The van der Waals surface area contributed by atoms with Gasteiger partial charge in [-0.25, -0.2) is 9.97 Å². The third-order valence-electron chi connectivity index (χ3n) is 2.44. The van der Waals surface area contributed by atoms with Crippen LogP contribution in [0.5, 0.6) is 0 Å². The summed E-state index contributed by atoms with van der Waals surface area (Å²) in [6, 6.07) is 9.82. The first-order valence-corrected chi connectivity index (χ1v) is 6.44. The van der Waals surface area contributed by atoms with Gasteiger partial charge >= 0.3 is 0 Å². The van der Waals surface area contributed by atoms with Gasteiger partial charge in [-0.05, 0) is 40.2 Å². The molecule has 0 saturated heterocycles. The summed E-state index contributed by atoms with van der Waals surface area (Å²) >= 11 is 3.37. The Labute approximate surface area is 115 Å². The van der Waals surface area contributed by atoms with Gasteiger partial charge < -0.3 is 10.2 Å². The van der Waals surface area contributed by atoms with Crippen molar-refractivity contribution in [2.75, 3.05) is 24.3 Å². The zero-order valence-corrected chi connectivity index (χ0v) is 12.0. The van der Waals surface area contributed by atoms with Gasteiger partial charge in [0.05, 0.1) is 17.9 Å². The molecule has 18 heavy (non-hydrogen) atoms. The van der Waals surface area contributed by atoms with Gasteiger partial charge in [0, 0.05) is 20.3 Å². The second kappa shape index (κ2) is 5.82. The van der Waals surface area contributed by atoms with E-state index in [1.807, 2.05) is 49.3 Å². The van der Waals surface area contributed by atoms with Crippen molar-refractivity contribution in [1.29, 1.82) is 0 Å². The Bertz CT molecular complexity index is 528. The lowest BCUT2D eigenvalue weighted by Gasteiger charge is -2.16. The maximum Gasteiger partial charge on any atom is 0.151 e. The molecule has 0 aliphatic carbocycles. The Morgan fingerprint density at radius 1 is 1.22 bits per heavy atom. The van der Waals surface area contributed by atoms with Crippen molar-refractivity contribution in [3.63, 3.8) is 0 Å². The minimum absolute atomic E-state index is 0.673. The van der Waals surface area contributed by atoms with Crippen molar-refractivity contribution in [3.8, 4) is 0 Å². The highest BCUT2D eigenvalue weighted by molar-refractivity contribution is 9.10. The first-order chi connectivity index (χ1) is 8.66. The summed E-state index contributed by atoms with van der Waals surface area (Å²) in [5.41, 5.74) is 1.99. The first kappa shape index (κ1) is 12.8. The average Bonchev–Trinajstić information content (AvgIpc) is 2.37. The van der Waals surface area contributed by atoms with Crippen LogP contribution in [-0.4, -0.2) is 24.1 Å². The summed E-state index contributed by atoms with van der Waals surface area (Å²) in [5.74, 6) is 0.924. The number of nitrogens with zero attached hydrogens (tertiary/aromatic N) is 3. The molecule has 0 bridgehead atoms. The van der Waals surface area contributed by atoms with Crippen LogP contribution in [0.2, 0.25) is 0 Å². The number of hydrogen-bond donors (Lipinski definition) is 1. The highest BCUT2D eigenvalue weighted by atomic mass is 79.9. The van der Waals surface area contributed by atoms with Crippen molar-refractivity contribution in [2.24, 2.45) is 0 Å². The molecule has 0 radical (unpaired) electrons. The van der Waals surface area contributed by atoms with E-state index < -0.39 is 0 Å². The number of pyridine rings is 2. The van der Waals surface area contributed by atoms with Gasteiger partial charge in [0.25, 0.3) is 0 Å². The fraction of sp³-hybridized carbons (Fsp3) is 0.231. The van der Waals surface area contributed by atoms with Crippen LogP contribution in [0, 0.1) is 0 Å². The molecule has 5 heteroatoms. The van der Waals surface area contributed by atoms with Gasteiger partial charge in [0.15, 0.2) is 5.82 Å². The molecule has 2 rings (SSSR count). The van der Waals surface area contributed by atoms with Crippen molar-refractivity contribution in [3.05, 3.63) is 46.8 Å². The largest absolute Gasteiger partial charge is 0.376 e. The molecule has 0 spiro atoms. The van der Waals surface area contributed by atoms with Crippen LogP contribution < -0.4 is 10.2 Å². The lowest BCUT2D eigenvalue weighted by atomic mass is 10.3. The smallest absolute Gasteiger partial charge is 0.151 e. The Hall–Kier alpha value is -1.62. The topological polar surface area (TPSA) is 41.1 Å². The third kappa shape index (κ3) is 3.20. The van der Waals surface area contributed by atoms with Crippen LogP contribution in [-0.2, 0) is 6.54 Å². The zero-order chi connectivity index (χ0) is 13.0. The van der Waals surface area contributed by atoms with Crippen LogP contribution in [0.15, 0.2) is 41.1 Å². The van der Waals surface area contributed by atoms with E-state index in [0.29, 0.717) is 6.54 Å². The van der Waals surface area contributed by atoms with E-state index in [0.717, 1.165) is 21.8 Å². The second-order valence-corrected chi connectivity index (χ2v) is 4.89. The number of hydrogen-bond acceptors (Lipinski definition) is 4. The van der Waals surface area contributed by atoms with Crippen LogP contribution in [0.1, 0.15) is 5.69 Å². The molecule has 0 aromatic carbocycles. The molecule has 94 valence electrons. The summed E-state index contributed by atoms with van der Waals surface area (Å²) in [4.78, 5) is 10.7. The van der Waals surface area contributed by atoms with Crippen LogP contribution in [0.3, 0.4) is 0 Å². The van der Waals surface area contributed by atoms with Gasteiger partial charge in [0.2, 0.25) is 0 Å². The Balaban J connectivity index is 2.11. The molecule has 0 aliphatic rings. The predicted octanol–water partition coefficient (Wildman–Crippen LogP) is 2.92. The van der Waals surface area contributed by atoms with Gasteiger partial charge in [-0.15, -0.1) is 0 Å². The van der Waals surface area contributed by atoms with Gasteiger partial charge in [0.1, 0.15) is 4.60 Å². The number of halogens is 1. The first-order valence-electron chi connectivity index (χ1n) is 5.64. The van der Waals surface area contributed by atoms with E-state index in [4.69, 9.17) is 0 Å². The van der Waals surface area contributed by atoms with E-state index in [1.54, 1.807) is 6.20 Å². The molecule has 0 unspecified atom stereocenters. The highest BCUT2D eigenvalue weighted by Crippen LogP contribution is 2.20. The van der Waals surface area contributed by atoms with E-state index in [9.17, 15) is 0 Å². The van der Waals surface area contributed by atoms with E-state index in [2.05, 4.69) is 31.2 Å². The van der Waals surface area contributed by atoms with Crippen molar-refractivity contribution >= 4 is 27.4 Å². The molecule has 2 aromatic heterocycles. The van der Waals surface area contributed by atoms with Crippen LogP contribution in [0.4, 0.5) is 11.5 Å². The van der Waals surface area contributed by atoms with Gasteiger partial charge in [-0.1, -0.05) is 6.07 Å². The van der Waals surface area contributed by atoms with Crippen LogP contribution in [0.25, 0.3) is 0 Å². The molecular formula is C13H15BrN4. The van der Waals surface area contributed by atoms with E-state index in [-0.39, 0.29) is 0 Å². The average molecular weight is 307 g/mol. The SMILES string of the molecule is CN(C)c1ncccc1NCc1cccc(Br)n1. The minimum atomic E-state index is 0.673. The summed E-state index contributed by atoms with van der Waals surface area (Å²) in [7, 11) is 3.95. The molecular weight excluding hydrogens is 292 g/mol. The van der Waals surface area contributed by atoms with Crippen LogP contribution >= 0.6 is 15.9 Å². The van der Waals surface area contributed by atoms with E-state index >= 15 is 0 Å². The van der Waals surface area contributed by atoms with E-state index in [1.165, 1.54) is 0 Å². The Morgan fingerprint density at radius 3 is 2.78 bits per heavy atom. The lowest BCUT2D eigenvalue weighted by Crippen LogP contribution is -2.14. The molecule has 0 amide bonds. The molecule has 0 fully saturated rings. The lowest BCUT2D eigenvalue weighted by molar-refractivity contribution is 1.01. The van der Waals surface area contributed by atoms with Crippen molar-refractivity contribution in [2.45, 2.75) is 6.54 Å². The third-order valence-corrected chi connectivity index (χ3v) is 2.88. The van der Waals surface area contributed by atoms with Crippen molar-refractivity contribution in [1.82, 2.24) is 9.97 Å². The number of rotatable bonds is 4. The fourth-order valence-corrected chi connectivity index (χ4v) is 2.01. The molecule has 4 nitrogen and oxygen atoms in total. The van der Waals surface area contributed by atoms with Crippen molar-refractivity contribution < 1.29 is 0 Å².